The summed E-state index contributed by atoms with van der Waals surface area (Å²) in [5.41, 5.74) is 7.48. The quantitative estimate of drug-likeness (QED) is 0.175. The summed E-state index contributed by atoms with van der Waals surface area (Å²) in [7, 11) is 0.307. The van der Waals surface area contributed by atoms with E-state index in [0.717, 1.165) is 33.2 Å². The number of fused-ring (bicyclic) bond motifs is 2. The molecule has 0 N–H and O–H groups in total. The van der Waals surface area contributed by atoms with E-state index in [-0.39, 0.29) is 10.8 Å². The van der Waals surface area contributed by atoms with Gasteiger partial charge in [-0.1, -0.05) is 32.0 Å². The molecule has 0 aliphatic heterocycles. The standard InChI is InChI=1S/C36H40N8O3S/c1-7-43(8-2)36(45)29-13-11-12-28(38-29)35-40-31-22-25(15-19-33(31)42(35)6)20-24-14-18-32-30(21-24)39-34(41(32)5)27-17-16-26(23-37-27)48(46,47)44(9-3)10-4/h11-19,21-23H,7-10,20H2,1-6H3. The number of pyridine rings is 2. The van der Waals surface area contributed by atoms with E-state index in [2.05, 4.69) is 46.4 Å². The van der Waals surface area contributed by atoms with Crippen LogP contribution >= 0.6 is 0 Å². The Morgan fingerprint density at radius 2 is 1.29 bits per heavy atom. The number of benzene rings is 2. The molecular formula is C36H40N8O3S. The van der Waals surface area contributed by atoms with Crippen LogP contribution in [-0.2, 0) is 30.5 Å². The van der Waals surface area contributed by atoms with Crippen LogP contribution in [0.15, 0.2) is 77.8 Å². The molecule has 48 heavy (non-hydrogen) atoms. The number of imidazole rings is 2. The highest BCUT2D eigenvalue weighted by atomic mass is 32.2. The predicted octanol–water partition coefficient (Wildman–Crippen LogP) is 5.69. The molecule has 0 radical (unpaired) electrons. The predicted molar refractivity (Wildman–Crippen MR) is 188 cm³/mol. The second-order valence-corrected chi connectivity index (χ2v) is 13.6. The molecule has 0 saturated heterocycles. The van der Waals surface area contributed by atoms with Gasteiger partial charge in [0, 0.05) is 46.5 Å². The first-order chi connectivity index (χ1) is 23.1. The number of carbonyl (C=O) groups is 1. The molecule has 0 fully saturated rings. The maximum Gasteiger partial charge on any atom is 0.272 e. The lowest BCUT2D eigenvalue weighted by Gasteiger charge is -2.18. The number of hydrogen-bond donors (Lipinski definition) is 0. The zero-order valence-electron chi connectivity index (χ0n) is 28.2. The Morgan fingerprint density at radius 1 is 0.708 bits per heavy atom. The van der Waals surface area contributed by atoms with Crippen molar-refractivity contribution in [2.45, 2.75) is 39.0 Å². The molecule has 4 heterocycles. The third kappa shape index (κ3) is 5.97. The highest BCUT2D eigenvalue weighted by Gasteiger charge is 2.23. The molecule has 0 spiro atoms. The Hall–Kier alpha value is -4.94. The fourth-order valence-electron chi connectivity index (χ4n) is 6.13. The molecule has 6 rings (SSSR count). The molecule has 0 aliphatic rings. The molecule has 0 bridgehead atoms. The van der Waals surface area contributed by atoms with Crippen molar-refractivity contribution in [3.05, 3.63) is 89.7 Å². The van der Waals surface area contributed by atoms with Gasteiger partial charge in [-0.3, -0.25) is 9.78 Å². The number of sulfonamides is 1. The van der Waals surface area contributed by atoms with Gasteiger partial charge >= 0.3 is 0 Å². The van der Waals surface area contributed by atoms with Crippen molar-refractivity contribution in [3.8, 4) is 23.0 Å². The largest absolute Gasteiger partial charge is 0.338 e. The van der Waals surface area contributed by atoms with E-state index in [9.17, 15) is 13.2 Å². The van der Waals surface area contributed by atoms with Crippen LogP contribution in [0.2, 0.25) is 0 Å². The molecule has 2 aromatic carbocycles. The minimum atomic E-state index is -3.59. The minimum absolute atomic E-state index is 0.0876. The van der Waals surface area contributed by atoms with Crippen LogP contribution in [0.5, 0.6) is 0 Å². The maximum absolute atomic E-state index is 12.9. The van der Waals surface area contributed by atoms with Crippen LogP contribution < -0.4 is 0 Å². The van der Waals surface area contributed by atoms with E-state index in [0.29, 0.717) is 61.3 Å². The number of amides is 1. The van der Waals surface area contributed by atoms with Crippen LogP contribution in [-0.4, -0.2) is 78.8 Å². The van der Waals surface area contributed by atoms with E-state index < -0.39 is 10.0 Å². The first kappa shape index (κ1) is 33.0. The van der Waals surface area contributed by atoms with Crippen molar-refractivity contribution in [3.63, 3.8) is 0 Å². The molecule has 12 heteroatoms. The topological polar surface area (TPSA) is 119 Å². The van der Waals surface area contributed by atoms with Gasteiger partial charge in [-0.25, -0.2) is 23.4 Å². The third-order valence-electron chi connectivity index (χ3n) is 8.86. The highest BCUT2D eigenvalue weighted by molar-refractivity contribution is 7.89. The monoisotopic (exact) mass is 664 g/mol. The summed E-state index contributed by atoms with van der Waals surface area (Å²) in [6.45, 7) is 9.62. The van der Waals surface area contributed by atoms with Gasteiger partial charge in [0.2, 0.25) is 10.0 Å². The molecule has 6 aromatic rings. The van der Waals surface area contributed by atoms with Gasteiger partial charge in [0.25, 0.3) is 5.91 Å². The Bertz CT molecular complexity index is 2230. The van der Waals surface area contributed by atoms with E-state index in [1.54, 1.807) is 23.1 Å². The van der Waals surface area contributed by atoms with Crippen LogP contribution in [0.25, 0.3) is 45.1 Å². The van der Waals surface area contributed by atoms with Gasteiger partial charge in [-0.2, -0.15) is 4.31 Å². The minimum Gasteiger partial charge on any atom is -0.338 e. The Morgan fingerprint density at radius 3 is 1.81 bits per heavy atom. The van der Waals surface area contributed by atoms with Gasteiger partial charge in [-0.05, 0) is 79.9 Å². The summed E-state index contributed by atoms with van der Waals surface area (Å²) >= 11 is 0. The Labute approximate surface area is 281 Å². The second-order valence-electron chi connectivity index (χ2n) is 11.7. The lowest BCUT2D eigenvalue weighted by molar-refractivity contribution is 0.0767. The van der Waals surface area contributed by atoms with Crippen LogP contribution in [0.4, 0.5) is 0 Å². The summed E-state index contributed by atoms with van der Waals surface area (Å²) in [5, 5.41) is 0. The number of aryl methyl sites for hydroxylation is 2. The fourth-order valence-corrected chi connectivity index (χ4v) is 7.54. The lowest BCUT2D eigenvalue weighted by atomic mass is 10.0. The Kier molecular flexibility index (Phi) is 9.13. The van der Waals surface area contributed by atoms with E-state index >= 15 is 0 Å². The molecule has 0 aliphatic carbocycles. The fraction of sp³-hybridized carbons (Fsp3) is 0.306. The molecule has 0 saturated carbocycles. The van der Waals surface area contributed by atoms with Crippen molar-refractivity contribution in [2.24, 2.45) is 14.1 Å². The summed E-state index contributed by atoms with van der Waals surface area (Å²) in [6.07, 6.45) is 2.09. The van der Waals surface area contributed by atoms with E-state index in [4.69, 9.17) is 9.97 Å². The average molecular weight is 665 g/mol. The van der Waals surface area contributed by atoms with Crippen molar-refractivity contribution < 1.29 is 13.2 Å². The van der Waals surface area contributed by atoms with Gasteiger partial charge in [0.15, 0.2) is 11.6 Å². The second kappa shape index (κ2) is 13.3. The van der Waals surface area contributed by atoms with E-state index in [1.165, 1.54) is 10.5 Å². The van der Waals surface area contributed by atoms with Crippen LogP contribution in [0.3, 0.4) is 0 Å². The Balaban J connectivity index is 1.25. The molecule has 0 unspecified atom stereocenters. The highest BCUT2D eigenvalue weighted by Crippen LogP contribution is 2.27. The number of nitrogens with zero attached hydrogens (tertiary/aromatic N) is 8. The first-order valence-electron chi connectivity index (χ1n) is 16.2. The number of hydrogen-bond acceptors (Lipinski definition) is 7. The summed E-state index contributed by atoms with van der Waals surface area (Å²) in [4.78, 5) is 33.8. The van der Waals surface area contributed by atoms with Crippen LogP contribution in [0.1, 0.15) is 49.3 Å². The van der Waals surface area contributed by atoms with Gasteiger partial charge in [0.1, 0.15) is 22.0 Å². The number of carbonyl (C=O) groups excluding carboxylic acids is 1. The third-order valence-corrected chi connectivity index (χ3v) is 10.9. The maximum atomic E-state index is 12.9. The molecule has 4 aromatic heterocycles. The summed E-state index contributed by atoms with van der Waals surface area (Å²) in [6, 6.07) is 21.3. The van der Waals surface area contributed by atoms with Crippen molar-refractivity contribution in [2.75, 3.05) is 26.2 Å². The number of rotatable bonds is 11. The van der Waals surface area contributed by atoms with E-state index in [1.807, 2.05) is 63.1 Å². The summed E-state index contributed by atoms with van der Waals surface area (Å²) < 4.78 is 31.2. The van der Waals surface area contributed by atoms with Crippen molar-refractivity contribution in [1.29, 1.82) is 0 Å². The molecule has 248 valence electrons. The average Bonchev–Trinajstić information content (AvgIpc) is 3.61. The van der Waals surface area contributed by atoms with Crippen molar-refractivity contribution >= 4 is 38.0 Å². The molecular weight excluding hydrogens is 625 g/mol. The van der Waals surface area contributed by atoms with Gasteiger partial charge in [0.05, 0.1) is 22.1 Å². The van der Waals surface area contributed by atoms with Crippen molar-refractivity contribution in [1.82, 2.24) is 38.3 Å². The number of aromatic nitrogens is 6. The molecule has 1 amide bonds. The van der Waals surface area contributed by atoms with Gasteiger partial charge < -0.3 is 14.0 Å². The zero-order chi connectivity index (χ0) is 34.2. The smallest absolute Gasteiger partial charge is 0.272 e. The molecule has 0 atom stereocenters. The normalized spacial score (nSPS) is 12.0. The zero-order valence-corrected chi connectivity index (χ0v) is 29.0. The summed E-state index contributed by atoms with van der Waals surface area (Å²) in [5.74, 6) is 1.27. The first-order valence-corrected chi connectivity index (χ1v) is 17.7. The lowest BCUT2D eigenvalue weighted by Crippen LogP contribution is -2.31. The van der Waals surface area contributed by atoms with Gasteiger partial charge in [-0.15, -0.1) is 0 Å². The SMILES string of the molecule is CCN(CC)C(=O)c1cccc(-c2nc3cc(Cc4ccc5c(c4)nc(-c4ccc(S(=O)(=O)N(CC)CC)cn4)n5C)ccc3n2C)n1. The van der Waals surface area contributed by atoms with Crippen LogP contribution in [0, 0.1) is 0 Å². The molecule has 11 nitrogen and oxygen atoms in total.